The van der Waals surface area contributed by atoms with Crippen LogP contribution in [0.15, 0.2) is 6.07 Å². The zero-order valence-electron chi connectivity index (χ0n) is 12.2. The first-order valence-corrected chi connectivity index (χ1v) is 6.96. The van der Waals surface area contributed by atoms with Crippen molar-refractivity contribution in [2.24, 2.45) is 0 Å². The van der Waals surface area contributed by atoms with Crippen LogP contribution in [-0.4, -0.2) is 33.8 Å². The molecule has 1 heterocycles. The van der Waals surface area contributed by atoms with Crippen LogP contribution in [0.1, 0.15) is 46.4 Å². The van der Waals surface area contributed by atoms with E-state index in [9.17, 15) is 5.11 Å². The Morgan fingerprint density at radius 2 is 1.89 bits per heavy atom. The van der Waals surface area contributed by atoms with Crippen LogP contribution in [0, 0.1) is 0 Å². The van der Waals surface area contributed by atoms with Gasteiger partial charge in [0.25, 0.3) is 0 Å². The maximum absolute atomic E-state index is 9.33. The monoisotopic (exact) mass is 264 g/mol. The average Bonchev–Trinajstić information content (AvgIpc) is 2.26. The van der Waals surface area contributed by atoms with E-state index >= 15 is 0 Å². The fourth-order valence-electron chi connectivity index (χ4n) is 2.04. The molecule has 2 rings (SSSR count). The predicted molar refractivity (Wildman–Crippen MR) is 77.5 cm³/mol. The lowest BCUT2D eigenvalue weighted by Crippen LogP contribution is -2.39. The zero-order chi connectivity index (χ0) is 14.0. The number of nitrogens with zero attached hydrogens (tertiary/aromatic N) is 2. The molecule has 3 N–H and O–H groups in total. The molecule has 0 atom stereocenters. The lowest BCUT2D eigenvalue weighted by molar-refractivity contribution is 0.0835. The normalized spacial score (nSPS) is 22.8. The first kappa shape index (κ1) is 14.1. The minimum atomic E-state index is -0.158. The van der Waals surface area contributed by atoms with Crippen LogP contribution in [-0.2, 0) is 5.41 Å². The Labute approximate surface area is 114 Å². The van der Waals surface area contributed by atoms with Gasteiger partial charge in [0, 0.05) is 24.1 Å². The Balaban J connectivity index is 2.19. The number of nitrogens with one attached hydrogen (secondary N) is 2. The molecule has 1 aromatic rings. The van der Waals surface area contributed by atoms with Gasteiger partial charge in [0.15, 0.2) is 0 Å². The standard InChI is InChI=1S/C14H24N4O/c1-5-15-11-8-12(16-9-6-10(19)7-9)18-13(17-11)14(2,3)4/h8-10,19H,5-7H2,1-4H3,(H2,15,16,17,18). The molecular weight excluding hydrogens is 240 g/mol. The molecule has 106 valence electrons. The van der Waals surface area contributed by atoms with Crippen molar-refractivity contribution in [2.45, 2.75) is 58.1 Å². The summed E-state index contributed by atoms with van der Waals surface area (Å²) in [7, 11) is 0. The van der Waals surface area contributed by atoms with Crippen molar-refractivity contribution in [3.8, 4) is 0 Å². The Kier molecular flexibility index (Phi) is 3.94. The maximum atomic E-state index is 9.33. The quantitative estimate of drug-likeness (QED) is 0.777. The van der Waals surface area contributed by atoms with E-state index in [0.717, 1.165) is 36.8 Å². The highest BCUT2D eigenvalue weighted by atomic mass is 16.3. The van der Waals surface area contributed by atoms with Crippen LogP contribution in [0.4, 0.5) is 11.6 Å². The van der Waals surface area contributed by atoms with E-state index in [4.69, 9.17) is 0 Å². The summed E-state index contributed by atoms with van der Waals surface area (Å²) in [5.41, 5.74) is -0.0824. The van der Waals surface area contributed by atoms with Gasteiger partial charge in [-0.2, -0.15) is 0 Å². The molecule has 0 aliphatic heterocycles. The third-order valence-electron chi connectivity index (χ3n) is 3.22. The molecular formula is C14H24N4O. The summed E-state index contributed by atoms with van der Waals surface area (Å²) in [6.45, 7) is 9.20. The number of aliphatic hydroxyl groups excluding tert-OH is 1. The third-order valence-corrected chi connectivity index (χ3v) is 3.22. The first-order valence-electron chi connectivity index (χ1n) is 6.96. The van der Waals surface area contributed by atoms with Crippen molar-refractivity contribution >= 4 is 11.6 Å². The van der Waals surface area contributed by atoms with Gasteiger partial charge >= 0.3 is 0 Å². The van der Waals surface area contributed by atoms with Crippen LogP contribution in [0.3, 0.4) is 0 Å². The van der Waals surface area contributed by atoms with Crippen LogP contribution in [0.25, 0.3) is 0 Å². The molecule has 1 aliphatic rings. The van der Waals surface area contributed by atoms with Gasteiger partial charge in [0.05, 0.1) is 6.10 Å². The molecule has 0 bridgehead atoms. The predicted octanol–water partition coefficient (Wildman–Crippen LogP) is 2.14. The van der Waals surface area contributed by atoms with Crippen molar-refractivity contribution in [1.82, 2.24) is 9.97 Å². The lowest BCUT2D eigenvalue weighted by atomic mass is 9.89. The van der Waals surface area contributed by atoms with Crippen LogP contribution in [0.2, 0.25) is 0 Å². The summed E-state index contributed by atoms with van der Waals surface area (Å²) < 4.78 is 0. The molecule has 0 unspecified atom stereocenters. The maximum Gasteiger partial charge on any atom is 0.138 e. The van der Waals surface area contributed by atoms with E-state index in [0.29, 0.717) is 6.04 Å². The van der Waals surface area contributed by atoms with Crippen LogP contribution >= 0.6 is 0 Å². The number of anilines is 2. The fourth-order valence-corrected chi connectivity index (χ4v) is 2.04. The van der Waals surface area contributed by atoms with Crippen molar-refractivity contribution in [3.63, 3.8) is 0 Å². The fraction of sp³-hybridized carbons (Fsp3) is 0.714. The molecule has 0 saturated heterocycles. The Hall–Kier alpha value is -1.36. The SMILES string of the molecule is CCNc1cc(NC2CC(O)C2)nc(C(C)(C)C)n1. The highest BCUT2D eigenvalue weighted by Crippen LogP contribution is 2.26. The molecule has 0 aromatic carbocycles. The lowest BCUT2D eigenvalue weighted by Gasteiger charge is -2.32. The summed E-state index contributed by atoms with van der Waals surface area (Å²) >= 11 is 0. The second kappa shape index (κ2) is 5.33. The van der Waals surface area contributed by atoms with Gasteiger partial charge in [-0.05, 0) is 19.8 Å². The third kappa shape index (κ3) is 3.56. The van der Waals surface area contributed by atoms with Crippen molar-refractivity contribution in [1.29, 1.82) is 0 Å². The highest BCUT2D eigenvalue weighted by molar-refractivity contribution is 5.49. The van der Waals surface area contributed by atoms with E-state index in [1.165, 1.54) is 0 Å². The summed E-state index contributed by atoms with van der Waals surface area (Å²) in [5, 5.41) is 15.9. The average molecular weight is 264 g/mol. The number of aromatic nitrogens is 2. The molecule has 0 spiro atoms. The second-order valence-corrected chi connectivity index (χ2v) is 6.21. The van der Waals surface area contributed by atoms with Gasteiger partial charge in [-0.3, -0.25) is 0 Å². The first-order chi connectivity index (χ1) is 8.88. The topological polar surface area (TPSA) is 70.1 Å². The Bertz CT molecular complexity index is 436. The van der Waals surface area contributed by atoms with Gasteiger partial charge in [0.1, 0.15) is 17.5 Å². The molecule has 1 aromatic heterocycles. The second-order valence-electron chi connectivity index (χ2n) is 6.21. The van der Waals surface area contributed by atoms with Gasteiger partial charge in [-0.1, -0.05) is 20.8 Å². The molecule has 1 saturated carbocycles. The van der Waals surface area contributed by atoms with Gasteiger partial charge in [0.2, 0.25) is 0 Å². The summed E-state index contributed by atoms with van der Waals surface area (Å²) in [6, 6.07) is 2.26. The van der Waals surface area contributed by atoms with E-state index in [1.807, 2.05) is 13.0 Å². The van der Waals surface area contributed by atoms with Crippen molar-refractivity contribution < 1.29 is 5.11 Å². The molecule has 0 radical (unpaired) electrons. The van der Waals surface area contributed by atoms with Gasteiger partial charge in [-0.25, -0.2) is 9.97 Å². The molecule has 0 amide bonds. The van der Waals surface area contributed by atoms with Gasteiger partial charge in [-0.15, -0.1) is 0 Å². The molecule has 5 heteroatoms. The van der Waals surface area contributed by atoms with E-state index in [1.54, 1.807) is 0 Å². The van der Waals surface area contributed by atoms with Crippen LogP contribution in [0.5, 0.6) is 0 Å². The highest BCUT2D eigenvalue weighted by Gasteiger charge is 2.28. The summed E-state index contributed by atoms with van der Waals surface area (Å²) in [4.78, 5) is 9.14. The zero-order valence-corrected chi connectivity index (χ0v) is 12.2. The molecule has 19 heavy (non-hydrogen) atoms. The molecule has 1 fully saturated rings. The minimum Gasteiger partial charge on any atom is -0.393 e. The van der Waals surface area contributed by atoms with Crippen molar-refractivity contribution in [2.75, 3.05) is 17.2 Å². The number of aliphatic hydroxyl groups is 1. The Morgan fingerprint density at radius 3 is 2.42 bits per heavy atom. The number of hydrogen-bond acceptors (Lipinski definition) is 5. The smallest absolute Gasteiger partial charge is 0.138 e. The largest absolute Gasteiger partial charge is 0.393 e. The summed E-state index contributed by atoms with van der Waals surface area (Å²) in [5.74, 6) is 2.52. The Morgan fingerprint density at radius 1 is 1.26 bits per heavy atom. The van der Waals surface area contributed by atoms with Crippen molar-refractivity contribution in [3.05, 3.63) is 11.9 Å². The molecule has 1 aliphatic carbocycles. The van der Waals surface area contributed by atoms with E-state index in [2.05, 4.69) is 41.4 Å². The van der Waals surface area contributed by atoms with E-state index in [-0.39, 0.29) is 11.5 Å². The van der Waals surface area contributed by atoms with E-state index < -0.39 is 0 Å². The van der Waals surface area contributed by atoms with Crippen LogP contribution < -0.4 is 10.6 Å². The number of hydrogen-bond donors (Lipinski definition) is 3. The van der Waals surface area contributed by atoms with Gasteiger partial charge < -0.3 is 15.7 Å². The summed E-state index contributed by atoms with van der Waals surface area (Å²) in [6.07, 6.45) is 1.44. The molecule has 5 nitrogen and oxygen atoms in total. The number of rotatable bonds is 4. The minimum absolute atomic E-state index is 0.0824.